The van der Waals surface area contributed by atoms with Gasteiger partial charge in [-0.05, 0) is 41.3 Å². The summed E-state index contributed by atoms with van der Waals surface area (Å²) in [4.78, 5) is 0. The van der Waals surface area contributed by atoms with Crippen molar-refractivity contribution in [2.75, 3.05) is 19.8 Å². The standard InChI is InChI=1S/C23H27ClO7/c24-18-10-15(23-22(28)21(27)20(26)19(11-25)31-23)4-3-14(18)9-13-1-5-16(6-2-13)30-17-7-8-29-12-17/h1-6,10,17,19-23,25-28H,7-9,11-12H2/t17-,19+,20+,21+,22-,23-/m1/s1. The van der Waals surface area contributed by atoms with E-state index in [4.69, 9.17) is 25.8 Å². The molecule has 6 atom stereocenters. The number of aliphatic hydroxyl groups excluding tert-OH is 4. The van der Waals surface area contributed by atoms with E-state index in [-0.39, 0.29) is 6.10 Å². The first-order valence-electron chi connectivity index (χ1n) is 10.4. The number of benzene rings is 2. The highest BCUT2D eigenvalue weighted by atomic mass is 35.5. The molecule has 2 heterocycles. The fraction of sp³-hybridized carbons (Fsp3) is 0.478. The van der Waals surface area contributed by atoms with Gasteiger partial charge in [-0.25, -0.2) is 0 Å². The van der Waals surface area contributed by atoms with Crippen molar-refractivity contribution in [3.8, 4) is 5.75 Å². The SMILES string of the molecule is OC[C@@H]1O[C@H](c2ccc(Cc3ccc(O[C@@H]4CCOC4)cc3)c(Cl)c2)[C@H](O)[C@@H](O)[C@H]1O. The van der Waals surface area contributed by atoms with Gasteiger partial charge in [-0.2, -0.15) is 0 Å². The van der Waals surface area contributed by atoms with E-state index in [1.807, 2.05) is 30.3 Å². The second-order valence-electron chi connectivity index (χ2n) is 8.02. The van der Waals surface area contributed by atoms with Crippen LogP contribution in [-0.2, 0) is 15.9 Å². The van der Waals surface area contributed by atoms with Gasteiger partial charge < -0.3 is 34.6 Å². The molecular formula is C23H27ClO7. The third kappa shape index (κ3) is 5.04. The smallest absolute Gasteiger partial charge is 0.124 e. The molecule has 2 saturated heterocycles. The second kappa shape index (κ2) is 9.83. The minimum absolute atomic E-state index is 0.107. The first kappa shape index (κ1) is 22.5. The molecule has 2 aromatic rings. The van der Waals surface area contributed by atoms with E-state index in [1.54, 1.807) is 12.1 Å². The maximum Gasteiger partial charge on any atom is 0.124 e. The van der Waals surface area contributed by atoms with Crippen LogP contribution in [0.1, 0.15) is 29.2 Å². The van der Waals surface area contributed by atoms with Crippen LogP contribution in [0.5, 0.6) is 5.75 Å². The Morgan fingerprint density at radius 2 is 1.77 bits per heavy atom. The first-order valence-corrected chi connectivity index (χ1v) is 10.8. The molecular weight excluding hydrogens is 424 g/mol. The number of hydrogen-bond donors (Lipinski definition) is 4. The van der Waals surface area contributed by atoms with Crippen molar-refractivity contribution in [3.05, 3.63) is 64.2 Å². The van der Waals surface area contributed by atoms with Crippen LogP contribution in [0.25, 0.3) is 0 Å². The summed E-state index contributed by atoms with van der Waals surface area (Å²) in [5, 5.41) is 40.2. The Kier molecular flexibility index (Phi) is 7.13. The average Bonchev–Trinajstić information content (AvgIpc) is 3.28. The van der Waals surface area contributed by atoms with Gasteiger partial charge in [-0.1, -0.05) is 35.9 Å². The van der Waals surface area contributed by atoms with Crippen molar-refractivity contribution in [3.63, 3.8) is 0 Å². The Hall–Kier alpha value is -1.71. The lowest BCUT2D eigenvalue weighted by Gasteiger charge is -2.40. The minimum Gasteiger partial charge on any atom is -0.488 e. The molecule has 0 aliphatic carbocycles. The van der Waals surface area contributed by atoms with Gasteiger partial charge in [-0.15, -0.1) is 0 Å². The van der Waals surface area contributed by atoms with Crippen molar-refractivity contribution in [2.24, 2.45) is 0 Å². The second-order valence-corrected chi connectivity index (χ2v) is 8.43. The normalized spacial score (nSPS) is 31.0. The van der Waals surface area contributed by atoms with Crippen molar-refractivity contribution in [2.45, 2.75) is 49.5 Å². The third-order valence-corrected chi connectivity index (χ3v) is 6.16. The summed E-state index contributed by atoms with van der Waals surface area (Å²) >= 11 is 6.49. The van der Waals surface area contributed by atoms with Gasteiger partial charge in [0, 0.05) is 11.4 Å². The number of halogens is 1. The summed E-state index contributed by atoms with van der Waals surface area (Å²) in [5.41, 5.74) is 2.53. The van der Waals surface area contributed by atoms with Gasteiger partial charge in [0.05, 0.1) is 19.8 Å². The lowest BCUT2D eigenvalue weighted by molar-refractivity contribution is -0.231. The van der Waals surface area contributed by atoms with E-state index >= 15 is 0 Å². The molecule has 4 rings (SSSR count). The molecule has 0 saturated carbocycles. The van der Waals surface area contributed by atoms with Crippen LogP contribution in [0.2, 0.25) is 5.02 Å². The molecule has 2 aliphatic rings. The van der Waals surface area contributed by atoms with Crippen molar-refractivity contribution < 1.29 is 34.6 Å². The fourth-order valence-electron chi connectivity index (χ4n) is 3.97. The number of rotatable bonds is 6. The summed E-state index contributed by atoms with van der Waals surface area (Å²) in [7, 11) is 0. The Bertz CT molecular complexity index is 867. The molecule has 7 nitrogen and oxygen atoms in total. The fourth-order valence-corrected chi connectivity index (χ4v) is 4.22. The predicted molar refractivity (Wildman–Crippen MR) is 113 cm³/mol. The number of hydrogen-bond acceptors (Lipinski definition) is 7. The van der Waals surface area contributed by atoms with E-state index in [9.17, 15) is 20.4 Å². The van der Waals surface area contributed by atoms with Crippen LogP contribution >= 0.6 is 11.6 Å². The Morgan fingerprint density at radius 1 is 1.00 bits per heavy atom. The van der Waals surface area contributed by atoms with E-state index in [0.29, 0.717) is 23.6 Å². The van der Waals surface area contributed by atoms with E-state index in [1.165, 1.54) is 0 Å². The summed E-state index contributed by atoms with van der Waals surface area (Å²) in [6, 6.07) is 13.2. The Morgan fingerprint density at radius 3 is 2.42 bits per heavy atom. The van der Waals surface area contributed by atoms with Crippen molar-refractivity contribution in [1.82, 2.24) is 0 Å². The molecule has 168 valence electrons. The van der Waals surface area contributed by atoms with Crippen LogP contribution in [0.3, 0.4) is 0 Å². The zero-order valence-corrected chi connectivity index (χ0v) is 17.7. The molecule has 0 radical (unpaired) electrons. The van der Waals surface area contributed by atoms with Crippen molar-refractivity contribution in [1.29, 1.82) is 0 Å². The highest BCUT2D eigenvalue weighted by Gasteiger charge is 2.44. The summed E-state index contributed by atoms with van der Waals surface area (Å²) in [6.07, 6.45) is -4.40. The highest BCUT2D eigenvalue weighted by molar-refractivity contribution is 6.31. The zero-order chi connectivity index (χ0) is 22.0. The number of ether oxygens (including phenoxy) is 3. The largest absolute Gasteiger partial charge is 0.488 e. The zero-order valence-electron chi connectivity index (χ0n) is 16.9. The molecule has 2 aliphatic heterocycles. The molecule has 2 aromatic carbocycles. The van der Waals surface area contributed by atoms with Crippen LogP contribution in [0, 0.1) is 0 Å². The highest BCUT2D eigenvalue weighted by Crippen LogP contribution is 2.34. The summed E-state index contributed by atoms with van der Waals surface area (Å²) < 4.78 is 16.8. The first-order chi connectivity index (χ1) is 15.0. The topological polar surface area (TPSA) is 109 Å². The van der Waals surface area contributed by atoms with E-state index < -0.39 is 37.1 Å². The van der Waals surface area contributed by atoms with E-state index in [0.717, 1.165) is 29.9 Å². The Balaban J connectivity index is 1.44. The summed E-state index contributed by atoms with van der Waals surface area (Å²) in [5.74, 6) is 0.809. The van der Waals surface area contributed by atoms with Crippen LogP contribution in [0.4, 0.5) is 0 Å². The summed E-state index contributed by atoms with van der Waals surface area (Å²) in [6.45, 7) is 0.888. The number of aliphatic hydroxyl groups is 4. The van der Waals surface area contributed by atoms with Crippen molar-refractivity contribution >= 4 is 11.6 Å². The van der Waals surface area contributed by atoms with Gasteiger partial charge in [0.25, 0.3) is 0 Å². The predicted octanol–water partition coefficient (Wildman–Crippen LogP) is 1.61. The lowest BCUT2D eigenvalue weighted by Crippen LogP contribution is -2.55. The average molecular weight is 451 g/mol. The third-order valence-electron chi connectivity index (χ3n) is 5.81. The van der Waals surface area contributed by atoms with Gasteiger partial charge in [0.1, 0.15) is 42.4 Å². The van der Waals surface area contributed by atoms with Crippen LogP contribution in [-0.4, -0.2) is 70.8 Å². The molecule has 2 fully saturated rings. The quantitative estimate of drug-likeness (QED) is 0.529. The lowest BCUT2D eigenvalue weighted by atomic mass is 9.90. The minimum atomic E-state index is -1.43. The van der Waals surface area contributed by atoms with Gasteiger partial charge >= 0.3 is 0 Å². The molecule has 0 aromatic heterocycles. The molecule has 31 heavy (non-hydrogen) atoms. The molecule has 0 bridgehead atoms. The van der Waals surface area contributed by atoms with Crippen LogP contribution in [0.15, 0.2) is 42.5 Å². The maximum atomic E-state index is 10.3. The van der Waals surface area contributed by atoms with Gasteiger partial charge in [0.15, 0.2) is 0 Å². The molecule has 8 heteroatoms. The molecule has 4 N–H and O–H groups in total. The molecule has 0 unspecified atom stereocenters. The van der Waals surface area contributed by atoms with Gasteiger partial charge in [-0.3, -0.25) is 0 Å². The Labute approximate surface area is 185 Å². The monoisotopic (exact) mass is 450 g/mol. The molecule has 0 amide bonds. The van der Waals surface area contributed by atoms with Gasteiger partial charge in [0.2, 0.25) is 0 Å². The molecule has 0 spiro atoms. The van der Waals surface area contributed by atoms with E-state index in [2.05, 4.69) is 0 Å². The maximum absolute atomic E-state index is 10.3. The van der Waals surface area contributed by atoms with Crippen LogP contribution < -0.4 is 4.74 Å².